The summed E-state index contributed by atoms with van der Waals surface area (Å²) in [4.78, 5) is 12.0. The molecule has 0 saturated heterocycles. The Balaban J connectivity index is 2.83. The molecule has 1 atom stereocenters. The summed E-state index contributed by atoms with van der Waals surface area (Å²) in [5, 5.41) is 2.82. The average Bonchev–Trinajstić information content (AvgIpc) is 2.31. The van der Waals surface area contributed by atoms with Crippen LogP contribution >= 0.6 is 0 Å². The Morgan fingerprint density at radius 1 is 1.59 bits per heavy atom. The molecule has 1 rings (SSSR count). The van der Waals surface area contributed by atoms with Crippen molar-refractivity contribution in [3.05, 3.63) is 29.3 Å². The third-order valence-corrected chi connectivity index (χ3v) is 2.70. The Morgan fingerprint density at radius 2 is 2.29 bits per heavy atom. The van der Waals surface area contributed by atoms with E-state index in [9.17, 15) is 4.79 Å². The van der Waals surface area contributed by atoms with E-state index >= 15 is 0 Å². The van der Waals surface area contributed by atoms with Crippen molar-refractivity contribution in [3.63, 3.8) is 0 Å². The monoisotopic (exact) mass is 230 g/mol. The molecule has 0 saturated carbocycles. The summed E-state index contributed by atoms with van der Waals surface area (Å²) >= 11 is 0. The number of nitrogens with one attached hydrogen (secondary N) is 1. The van der Waals surface area contributed by atoms with Gasteiger partial charge in [-0.3, -0.25) is 4.79 Å². The molecule has 0 aliphatic heterocycles. The first-order chi connectivity index (χ1) is 8.10. The third-order valence-electron chi connectivity index (χ3n) is 2.70. The lowest BCUT2D eigenvalue weighted by atomic mass is 10.1. The second-order valence-corrected chi connectivity index (χ2v) is 4.00. The average molecular weight is 230 g/mol. The van der Waals surface area contributed by atoms with Crippen LogP contribution in [-0.4, -0.2) is 11.9 Å². The van der Waals surface area contributed by atoms with Crippen LogP contribution in [0.25, 0.3) is 0 Å². The van der Waals surface area contributed by atoms with E-state index in [0.29, 0.717) is 11.3 Å². The maximum absolute atomic E-state index is 12.0. The van der Waals surface area contributed by atoms with Crippen molar-refractivity contribution >= 4 is 11.6 Å². The van der Waals surface area contributed by atoms with Gasteiger partial charge in [0.2, 0.25) is 0 Å². The van der Waals surface area contributed by atoms with E-state index in [1.807, 2.05) is 13.8 Å². The molecule has 0 aliphatic rings. The summed E-state index contributed by atoms with van der Waals surface area (Å²) in [6.45, 7) is 3.86. The van der Waals surface area contributed by atoms with E-state index in [1.165, 1.54) is 0 Å². The number of benzene rings is 1. The Hall–Kier alpha value is -1.95. The number of hydrogen-bond donors (Lipinski definition) is 2. The highest BCUT2D eigenvalue weighted by Crippen LogP contribution is 2.15. The van der Waals surface area contributed by atoms with Gasteiger partial charge in [0, 0.05) is 11.3 Å². The largest absolute Gasteiger partial charge is 0.398 e. The Kier molecular flexibility index (Phi) is 4.59. The first-order valence-corrected chi connectivity index (χ1v) is 5.72. The molecule has 1 aromatic rings. The Bertz CT molecular complexity index is 446. The number of anilines is 1. The predicted molar refractivity (Wildman–Crippen MR) is 70.6 cm³/mol. The number of rotatable bonds is 4. The van der Waals surface area contributed by atoms with Gasteiger partial charge in [-0.2, -0.15) is 0 Å². The Labute approximate surface area is 102 Å². The van der Waals surface area contributed by atoms with Crippen molar-refractivity contribution in [3.8, 4) is 12.3 Å². The molecule has 1 unspecified atom stereocenters. The van der Waals surface area contributed by atoms with E-state index in [0.717, 1.165) is 18.4 Å². The Morgan fingerprint density at radius 3 is 2.88 bits per heavy atom. The molecular weight excluding hydrogens is 212 g/mol. The molecule has 90 valence electrons. The van der Waals surface area contributed by atoms with Gasteiger partial charge in [-0.1, -0.05) is 25.3 Å². The number of carbonyl (C=O) groups is 1. The molecule has 0 aromatic heterocycles. The molecule has 1 aromatic carbocycles. The van der Waals surface area contributed by atoms with Crippen molar-refractivity contribution in [1.29, 1.82) is 0 Å². The van der Waals surface area contributed by atoms with Crippen LogP contribution in [0.4, 0.5) is 5.69 Å². The van der Waals surface area contributed by atoms with Gasteiger partial charge in [0.05, 0.1) is 6.04 Å². The van der Waals surface area contributed by atoms with Gasteiger partial charge in [0.1, 0.15) is 0 Å². The summed E-state index contributed by atoms with van der Waals surface area (Å²) < 4.78 is 0. The van der Waals surface area contributed by atoms with Crippen LogP contribution in [0.1, 0.15) is 35.7 Å². The van der Waals surface area contributed by atoms with E-state index in [1.54, 1.807) is 18.2 Å². The predicted octanol–water partition coefficient (Wildman–Crippen LogP) is 2.11. The number of terminal acetylenes is 1. The molecule has 0 aliphatic carbocycles. The minimum absolute atomic E-state index is 0.161. The molecule has 3 heteroatoms. The van der Waals surface area contributed by atoms with Crippen LogP contribution in [0.5, 0.6) is 0 Å². The molecule has 0 spiro atoms. The van der Waals surface area contributed by atoms with Crippen LogP contribution in [0.3, 0.4) is 0 Å². The zero-order valence-corrected chi connectivity index (χ0v) is 10.3. The van der Waals surface area contributed by atoms with E-state index < -0.39 is 0 Å². The standard InChI is InChI=1S/C14H18N2O/c1-4-7-11(5-2)16-14(17)12-8-6-9-13(15)10(12)3/h2,6,8-9,11H,4,7,15H2,1,3H3,(H,16,17). The fourth-order valence-corrected chi connectivity index (χ4v) is 1.62. The highest BCUT2D eigenvalue weighted by atomic mass is 16.1. The molecule has 1 amide bonds. The lowest BCUT2D eigenvalue weighted by Crippen LogP contribution is -2.34. The van der Waals surface area contributed by atoms with Gasteiger partial charge < -0.3 is 11.1 Å². The summed E-state index contributed by atoms with van der Waals surface area (Å²) in [7, 11) is 0. The highest BCUT2D eigenvalue weighted by Gasteiger charge is 2.13. The molecule has 0 fully saturated rings. The van der Waals surface area contributed by atoms with Crippen LogP contribution in [0, 0.1) is 19.3 Å². The fourth-order valence-electron chi connectivity index (χ4n) is 1.62. The number of amides is 1. The zero-order valence-electron chi connectivity index (χ0n) is 10.3. The molecular formula is C14H18N2O. The minimum Gasteiger partial charge on any atom is -0.398 e. The SMILES string of the molecule is C#CC(CCC)NC(=O)c1cccc(N)c1C. The van der Waals surface area contributed by atoms with Gasteiger partial charge in [-0.05, 0) is 31.0 Å². The summed E-state index contributed by atoms with van der Waals surface area (Å²) in [5.41, 5.74) is 7.75. The first-order valence-electron chi connectivity index (χ1n) is 5.72. The maximum atomic E-state index is 12.0. The van der Waals surface area contributed by atoms with Crippen molar-refractivity contribution in [2.75, 3.05) is 5.73 Å². The molecule has 0 bridgehead atoms. The van der Waals surface area contributed by atoms with Crippen LogP contribution in [-0.2, 0) is 0 Å². The molecule has 0 heterocycles. The quantitative estimate of drug-likeness (QED) is 0.615. The topological polar surface area (TPSA) is 55.1 Å². The van der Waals surface area contributed by atoms with Crippen molar-refractivity contribution in [2.45, 2.75) is 32.7 Å². The molecule has 3 N–H and O–H groups in total. The molecule has 3 nitrogen and oxygen atoms in total. The van der Waals surface area contributed by atoms with Gasteiger partial charge in [0.15, 0.2) is 0 Å². The van der Waals surface area contributed by atoms with Crippen LogP contribution in [0.2, 0.25) is 0 Å². The number of hydrogen-bond acceptors (Lipinski definition) is 2. The highest BCUT2D eigenvalue weighted by molar-refractivity contribution is 5.97. The van der Waals surface area contributed by atoms with Crippen molar-refractivity contribution < 1.29 is 4.79 Å². The normalized spacial score (nSPS) is 11.6. The first kappa shape index (κ1) is 13.1. The molecule has 17 heavy (non-hydrogen) atoms. The summed E-state index contributed by atoms with van der Waals surface area (Å²) in [6, 6.07) is 5.08. The van der Waals surface area contributed by atoms with E-state index in [-0.39, 0.29) is 11.9 Å². The van der Waals surface area contributed by atoms with E-state index in [2.05, 4.69) is 11.2 Å². The third kappa shape index (κ3) is 3.25. The van der Waals surface area contributed by atoms with Gasteiger partial charge in [-0.15, -0.1) is 6.42 Å². The lowest BCUT2D eigenvalue weighted by molar-refractivity contribution is 0.0943. The lowest BCUT2D eigenvalue weighted by Gasteiger charge is -2.14. The number of nitrogens with two attached hydrogens (primary N) is 1. The van der Waals surface area contributed by atoms with Crippen LogP contribution in [0.15, 0.2) is 18.2 Å². The number of carbonyl (C=O) groups excluding carboxylic acids is 1. The van der Waals surface area contributed by atoms with Crippen LogP contribution < -0.4 is 11.1 Å². The minimum atomic E-state index is -0.215. The van der Waals surface area contributed by atoms with Crippen molar-refractivity contribution in [2.24, 2.45) is 0 Å². The van der Waals surface area contributed by atoms with E-state index in [4.69, 9.17) is 12.2 Å². The summed E-state index contributed by atoms with van der Waals surface area (Å²) in [5.74, 6) is 2.41. The summed E-state index contributed by atoms with van der Waals surface area (Å²) in [6.07, 6.45) is 7.08. The van der Waals surface area contributed by atoms with Crippen molar-refractivity contribution in [1.82, 2.24) is 5.32 Å². The van der Waals surface area contributed by atoms with Gasteiger partial charge in [0.25, 0.3) is 5.91 Å². The second-order valence-electron chi connectivity index (χ2n) is 4.00. The zero-order chi connectivity index (χ0) is 12.8. The maximum Gasteiger partial charge on any atom is 0.252 e. The second kappa shape index (κ2) is 5.95. The smallest absolute Gasteiger partial charge is 0.252 e. The van der Waals surface area contributed by atoms with Gasteiger partial charge >= 0.3 is 0 Å². The molecule has 0 radical (unpaired) electrons. The fraction of sp³-hybridized carbons (Fsp3) is 0.357. The van der Waals surface area contributed by atoms with Gasteiger partial charge in [-0.25, -0.2) is 0 Å². The number of nitrogen functional groups attached to an aromatic ring is 1.